The molecule has 3 aromatic rings. The number of carbonyl (C=O) groups excluding carboxylic acids is 1. The van der Waals surface area contributed by atoms with Crippen LogP contribution in [0.25, 0.3) is 11.0 Å². The second-order valence-corrected chi connectivity index (χ2v) is 6.08. The lowest BCUT2D eigenvalue weighted by Gasteiger charge is -2.08. The molecule has 0 bridgehead atoms. The van der Waals surface area contributed by atoms with E-state index in [1.54, 1.807) is 17.8 Å². The summed E-state index contributed by atoms with van der Waals surface area (Å²) in [4.78, 5) is 13.5. The summed E-state index contributed by atoms with van der Waals surface area (Å²) >= 11 is 7.70. The van der Waals surface area contributed by atoms with E-state index >= 15 is 0 Å². The molecule has 0 aliphatic heterocycles. The van der Waals surface area contributed by atoms with Gasteiger partial charge in [0.15, 0.2) is 11.3 Å². The van der Waals surface area contributed by atoms with Crippen LogP contribution in [-0.2, 0) is 0 Å². The average molecular weight is 332 g/mol. The molecule has 112 valence electrons. The number of furan rings is 1. The molecule has 1 N–H and O–H groups in total. The van der Waals surface area contributed by atoms with Gasteiger partial charge in [-0.25, -0.2) is 0 Å². The summed E-state index contributed by atoms with van der Waals surface area (Å²) in [6.07, 6.45) is 1.97. The number of nitrogens with one attached hydrogen (secondary N) is 1. The summed E-state index contributed by atoms with van der Waals surface area (Å²) in [5.41, 5.74) is 2.10. The van der Waals surface area contributed by atoms with Crippen molar-refractivity contribution in [3.8, 4) is 0 Å². The molecule has 22 heavy (non-hydrogen) atoms. The monoisotopic (exact) mass is 331 g/mol. The van der Waals surface area contributed by atoms with Gasteiger partial charge in [0.25, 0.3) is 5.91 Å². The van der Waals surface area contributed by atoms with Gasteiger partial charge in [-0.05, 0) is 31.4 Å². The number of para-hydroxylation sites is 2. The summed E-state index contributed by atoms with van der Waals surface area (Å²) in [5.74, 6) is 0.0188. The van der Waals surface area contributed by atoms with Crippen molar-refractivity contribution in [2.24, 2.45) is 0 Å². The van der Waals surface area contributed by atoms with Gasteiger partial charge in [0.05, 0.1) is 10.7 Å². The predicted molar refractivity (Wildman–Crippen MR) is 92.1 cm³/mol. The molecule has 0 saturated heterocycles. The fourth-order valence-corrected chi connectivity index (χ4v) is 3.12. The van der Waals surface area contributed by atoms with Gasteiger partial charge in [-0.3, -0.25) is 4.79 Å². The predicted octanol–water partition coefficient (Wildman–Crippen LogP) is 5.37. The highest BCUT2D eigenvalue weighted by Crippen LogP contribution is 2.32. The van der Waals surface area contributed by atoms with E-state index in [9.17, 15) is 4.79 Å². The van der Waals surface area contributed by atoms with Crippen molar-refractivity contribution >= 4 is 45.9 Å². The Labute approximate surface area is 137 Å². The van der Waals surface area contributed by atoms with E-state index in [0.29, 0.717) is 16.4 Å². The number of hydrogen-bond acceptors (Lipinski definition) is 3. The van der Waals surface area contributed by atoms with Crippen LogP contribution in [-0.4, -0.2) is 12.2 Å². The number of amides is 1. The quantitative estimate of drug-likeness (QED) is 0.656. The smallest absolute Gasteiger partial charge is 0.291 e. The molecule has 1 heterocycles. The van der Waals surface area contributed by atoms with Gasteiger partial charge in [0, 0.05) is 15.8 Å². The molecule has 3 rings (SSSR count). The van der Waals surface area contributed by atoms with Crippen molar-refractivity contribution in [1.82, 2.24) is 0 Å². The molecular formula is C17H14ClNO2S. The van der Waals surface area contributed by atoms with Crippen LogP contribution in [0.2, 0.25) is 5.02 Å². The van der Waals surface area contributed by atoms with Crippen LogP contribution in [0.15, 0.2) is 51.8 Å². The van der Waals surface area contributed by atoms with Crippen molar-refractivity contribution in [2.75, 3.05) is 11.6 Å². The van der Waals surface area contributed by atoms with Crippen molar-refractivity contribution < 1.29 is 9.21 Å². The minimum absolute atomic E-state index is 0.272. The molecule has 1 aromatic heterocycles. The number of fused-ring (bicyclic) bond motifs is 1. The maximum absolute atomic E-state index is 12.5. The van der Waals surface area contributed by atoms with E-state index in [1.807, 2.05) is 49.6 Å². The highest BCUT2D eigenvalue weighted by Gasteiger charge is 2.19. The summed E-state index contributed by atoms with van der Waals surface area (Å²) in [6, 6.07) is 13.1. The van der Waals surface area contributed by atoms with Crippen molar-refractivity contribution in [1.29, 1.82) is 0 Å². The Bertz CT molecular complexity index is 857. The van der Waals surface area contributed by atoms with Crippen LogP contribution < -0.4 is 5.32 Å². The number of aryl methyl sites for hydroxylation is 1. The Kier molecular flexibility index (Phi) is 4.14. The Hall–Kier alpha value is -1.91. The standard InChI is InChI=1S/C17H14ClNO2S/c1-10-11-6-5-7-12(18)16(11)21-15(10)17(20)19-13-8-3-4-9-14(13)22-2/h3-9H,1-2H3,(H,19,20). The molecule has 0 unspecified atom stereocenters. The number of thioether (sulfide) groups is 1. The van der Waals surface area contributed by atoms with Gasteiger partial charge in [0.1, 0.15) is 0 Å². The minimum atomic E-state index is -0.272. The number of hydrogen-bond donors (Lipinski definition) is 1. The van der Waals surface area contributed by atoms with E-state index in [4.69, 9.17) is 16.0 Å². The molecule has 3 nitrogen and oxygen atoms in total. The van der Waals surface area contributed by atoms with Crippen molar-refractivity contribution in [3.63, 3.8) is 0 Å². The maximum Gasteiger partial charge on any atom is 0.291 e. The van der Waals surface area contributed by atoms with Crippen LogP contribution in [0.5, 0.6) is 0 Å². The van der Waals surface area contributed by atoms with Gasteiger partial charge in [-0.1, -0.05) is 35.9 Å². The normalized spacial score (nSPS) is 10.9. The molecule has 0 fully saturated rings. The Morgan fingerprint density at radius 2 is 1.95 bits per heavy atom. The topological polar surface area (TPSA) is 42.2 Å². The lowest BCUT2D eigenvalue weighted by Crippen LogP contribution is -2.12. The largest absolute Gasteiger partial charge is 0.449 e. The first kappa shape index (κ1) is 15.0. The molecule has 0 aliphatic carbocycles. The zero-order chi connectivity index (χ0) is 15.7. The summed E-state index contributed by atoms with van der Waals surface area (Å²) in [7, 11) is 0. The first-order chi connectivity index (χ1) is 10.6. The minimum Gasteiger partial charge on any atom is -0.449 e. The highest BCUT2D eigenvalue weighted by atomic mass is 35.5. The maximum atomic E-state index is 12.5. The van der Waals surface area contributed by atoms with Gasteiger partial charge in [-0.2, -0.15) is 0 Å². The second kappa shape index (κ2) is 6.07. The van der Waals surface area contributed by atoms with Crippen LogP contribution in [0.3, 0.4) is 0 Å². The van der Waals surface area contributed by atoms with Crippen LogP contribution in [0, 0.1) is 6.92 Å². The van der Waals surface area contributed by atoms with Crippen LogP contribution in [0.4, 0.5) is 5.69 Å². The summed E-state index contributed by atoms with van der Waals surface area (Å²) in [6.45, 7) is 1.86. The third-order valence-electron chi connectivity index (χ3n) is 3.48. The molecule has 0 saturated carbocycles. The van der Waals surface area contributed by atoms with E-state index in [0.717, 1.165) is 21.5 Å². The molecule has 2 aromatic carbocycles. The number of benzene rings is 2. The second-order valence-electron chi connectivity index (χ2n) is 4.83. The zero-order valence-corrected chi connectivity index (χ0v) is 13.7. The number of rotatable bonds is 3. The average Bonchev–Trinajstić information content (AvgIpc) is 2.87. The molecule has 0 spiro atoms. The highest BCUT2D eigenvalue weighted by molar-refractivity contribution is 7.98. The fourth-order valence-electron chi connectivity index (χ4n) is 2.35. The number of carbonyl (C=O) groups is 1. The lowest BCUT2D eigenvalue weighted by molar-refractivity contribution is 0.0997. The number of anilines is 1. The Morgan fingerprint density at radius 3 is 2.68 bits per heavy atom. The van der Waals surface area contributed by atoms with Crippen molar-refractivity contribution in [3.05, 3.63) is 58.8 Å². The number of halogens is 1. The zero-order valence-electron chi connectivity index (χ0n) is 12.1. The Balaban J connectivity index is 1.99. The van der Waals surface area contributed by atoms with E-state index < -0.39 is 0 Å². The molecule has 1 amide bonds. The SMILES string of the molecule is CSc1ccccc1NC(=O)c1oc2c(Cl)cccc2c1C. The van der Waals surface area contributed by atoms with Gasteiger partial charge in [-0.15, -0.1) is 11.8 Å². The first-order valence-electron chi connectivity index (χ1n) is 6.74. The van der Waals surface area contributed by atoms with Gasteiger partial charge < -0.3 is 9.73 Å². The van der Waals surface area contributed by atoms with Crippen LogP contribution in [0.1, 0.15) is 16.1 Å². The van der Waals surface area contributed by atoms with Crippen molar-refractivity contribution in [2.45, 2.75) is 11.8 Å². The third kappa shape index (κ3) is 2.60. The molecular weight excluding hydrogens is 318 g/mol. The third-order valence-corrected chi connectivity index (χ3v) is 4.57. The molecule has 0 atom stereocenters. The lowest BCUT2D eigenvalue weighted by atomic mass is 10.1. The summed E-state index contributed by atoms with van der Waals surface area (Å²) < 4.78 is 5.69. The Morgan fingerprint density at radius 1 is 1.18 bits per heavy atom. The van der Waals surface area contributed by atoms with E-state index in [1.165, 1.54) is 0 Å². The molecule has 0 aliphatic rings. The summed E-state index contributed by atoms with van der Waals surface area (Å²) in [5, 5.41) is 4.26. The fraction of sp³-hybridized carbons (Fsp3) is 0.118. The van der Waals surface area contributed by atoms with E-state index in [-0.39, 0.29) is 5.91 Å². The molecule has 5 heteroatoms. The van der Waals surface area contributed by atoms with Gasteiger partial charge >= 0.3 is 0 Å². The molecule has 0 radical (unpaired) electrons. The van der Waals surface area contributed by atoms with Gasteiger partial charge in [0.2, 0.25) is 0 Å². The van der Waals surface area contributed by atoms with Crippen LogP contribution >= 0.6 is 23.4 Å². The first-order valence-corrected chi connectivity index (χ1v) is 8.34. The van der Waals surface area contributed by atoms with E-state index in [2.05, 4.69) is 5.32 Å².